The van der Waals surface area contributed by atoms with E-state index < -0.39 is 0 Å². The largest absolute Gasteiger partial charge is 0.309 e. The molecule has 0 aromatic carbocycles. The van der Waals surface area contributed by atoms with Gasteiger partial charge in [0.2, 0.25) is 0 Å². The molecule has 0 aliphatic rings. The van der Waals surface area contributed by atoms with E-state index in [0.29, 0.717) is 11.5 Å². The molecule has 0 aliphatic carbocycles. The lowest BCUT2D eigenvalue weighted by atomic mass is 9.90. The summed E-state index contributed by atoms with van der Waals surface area (Å²) in [6.07, 6.45) is 1.22. The zero-order chi connectivity index (χ0) is 10.6. The summed E-state index contributed by atoms with van der Waals surface area (Å²) in [4.78, 5) is 1.43. The molecule has 1 N–H and O–H groups in total. The number of rotatable bonds is 5. The third-order valence-corrected chi connectivity index (χ3v) is 3.87. The molecule has 1 unspecified atom stereocenters. The minimum Gasteiger partial charge on any atom is -0.309 e. The summed E-state index contributed by atoms with van der Waals surface area (Å²) in [5.74, 6) is 0. The number of thiophene rings is 1. The van der Waals surface area contributed by atoms with Crippen LogP contribution in [0.3, 0.4) is 0 Å². The molecule has 1 nitrogen and oxygen atoms in total. The highest BCUT2D eigenvalue weighted by atomic mass is 32.1. The molecule has 1 aromatic heterocycles. The Labute approximate surface area is 91.5 Å². The maximum atomic E-state index is 3.59. The van der Waals surface area contributed by atoms with E-state index in [9.17, 15) is 0 Å². The van der Waals surface area contributed by atoms with Gasteiger partial charge < -0.3 is 5.32 Å². The molecule has 80 valence electrons. The Morgan fingerprint density at radius 2 is 2.21 bits per heavy atom. The van der Waals surface area contributed by atoms with Crippen molar-refractivity contribution in [3.05, 3.63) is 22.4 Å². The van der Waals surface area contributed by atoms with Gasteiger partial charge >= 0.3 is 0 Å². The standard InChI is InChI=1S/C12H21NS/c1-5-12(3,4)9-13-10(2)11-7-6-8-14-11/h6-8,10,13H,5,9H2,1-4H3. The lowest BCUT2D eigenvalue weighted by Gasteiger charge is -2.25. The maximum absolute atomic E-state index is 3.59. The van der Waals surface area contributed by atoms with E-state index in [4.69, 9.17) is 0 Å². The van der Waals surface area contributed by atoms with Crippen molar-refractivity contribution in [1.29, 1.82) is 0 Å². The van der Waals surface area contributed by atoms with Crippen LogP contribution in [-0.2, 0) is 0 Å². The Bertz CT molecular complexity index is 251. The number of hydrogen-bond donors (Lipinski definition) is 1. The monoisotopic (exact) mass is 211 g/mol. The molecule has 1 heterocycles. The summed E-state index contributed by atoms with van der Waals surface area (Å²) in [6, 6.07) is 4.80. The first-order valence-electron chi connectivity index (χ1n) is 5.32. The van der Waals surface area contributed by atoms with Crippen LogP contribution >= 0.6 is 11.3 Å². The van der Waals surface area contributed by atoms with E-state index in [0.717, 1.165) is 6.54 Å². The van der Waals surface area contributed by atoms with Gasteiger partial charge in [-0.25, -0.2) is 0 Å². The first kappa shape index (κ1) is 11.7. The zero-order valence-electron chi connectivity index (χ0n) is 9.63. The van der Waals surface area contributed by atoms with Gasteiger partial charge in [0.05, 0.1) is 0 Å². The normalized spacial score (nSPS) is 14.3. The van der Waals surface area contributed by atoms with Crippen molar-refractivity contribution < 1.29 is 0 Å². The minimum atomic E-state index is 0.408. The second kappa shape index (κ2) is 4.94. The summed E-state index contributed by atoms with van der Waals surface area (Å²) in [7, 11) is 0. The van der Waals surface area contributed by atoms with Crippen molar-refractivity contribution in [2.45, 2.75) is 40.2 Å². The van der Waals surface area contributed by atoms with Gasteiger partial charge in [0.15, 0.2) is 0 Å². The Balaban J connectivity index is 2.39. The van der Waals surface area contributed by atoms with Crippen LogP contribution in [0.5, 0.6) is 0 Å². The van der Waals surface area contributed by atoms with Crippen LogP contribution in [-0.4, -0.2) is 6.54 Å². The highest BCUT2D eigenvalue weighted by molar-refractivity contribution is 7.10. The topological polar surface area (TPSA) is 12.0 Å². The Morgan fingerprint density at radius 3 is 2.71 bits per heavy atom. The summed E-state index contributed by atoms with van der Waals surface area (Å²) >= 11 is 1.83. The van der Waals surface area contributed by atoms with Gasteiger partial charge in [0, 0.05) is 17.5 Å². The highest BCUT2D eigenvalue weighted by Gasteiger charge is 2.16. The molecule has 0 aliphatic heterocycles. The summed E-state index contributed by atoms with van der Waals surface area (Å²) < 4.78 is 0. The fourth-order valence-electron chi connectivity index (χ4n) is 1.19. The lowest BCUT2D eigenvalue weighted by molar-refractivity contribution is 0.315. The average Bonchev–Trinajstić information content (AvgIpc) is 2.67. The van der Waals surface area contributed by atoms with E-state index in [1.807, 2.05) is 11.3 Å². The van der Waals surface area contributed by atoms with Crippen LogP contribution in [0.15, 0.2) is 17.5 Å². The molecule has 0 amide bonds. The predicted octanol–water partition coefficient (Wildman–Crippen LogP) is 3.83. The molecule has 0 radical (unpaired) electrons. The summed E-state index contributed by atoms with van der Waals surface area (Å²) in [5, 5.41) is 5.72. The van der Waals surface area contributed by atoms with Crippen LogP contribution in [0.2, 0.25) is 0 Å². The van der Waals surface area contributed by atoms with Crippen molar-refractivity contribution in [2.24, 2.45) is 5.41 Å². The van der Waals surface area contributed by atoms with Gasteiger partial charge in [0.1, 0.15) is 0 Å². The molecule has 0 bridgehead atoms. The third kappa shape index (κ3) is 3.43. The van der Waals surface area contributed by atoms with Gasteiger partial charge in [-0.15, -0.1) is 11.3 Å². The molecule has 1 rings (SSSR count). The van der Waals surface area contributed by atoms with E-state index in [-0.39, 0.29) is 0 Å². The second-order valence-electron chi connectivity index (χ2n) is 4.64. The third-order valence-electron chi connectivity index (χ3n) is 2.81. The Hall–Kier alpha value is -0.340. The number of hydrogen-bond acceptors (Lipinski definition) is 2. The van der Waals surface area contributed by atoms with E-state index >= 15 is 0 Å². The van der Waals surface area contributed by atoms with Crippen molar-refractivity contribution in [3.8, 4) is 0 Å². The predicted molar refractivity (Wildman–Crippen MR) is 64.8 cm³/mol. The summed E-state index contributed by atoms with van der Waals surface area (Å²) in [6.45, 7) is 10.2. The van der Waals surface area contributed by atoms with Crippen LogP contribution in [0.4, 0.5) is 0 Å². The Morgan fingerprint density at radius 1 is 1.50 bits per heavy atom. The maximum Gasteiger partial charge on any atom is 0.0386 e. The van der Waals surface area contributed by atoms with Crippen molar-refractivity contribution in [2.75, 3.05) is 6.54 Å². The quantitative estimate of drug-likeness (QED) is 0.780. The fraction of sp³-hybridized carbons (Fsp3) is 0.667. The molecule has 1 aromatic rings. The highest BCUT2D eigenvalue weighted by Crippen LogP contribution is 2.22. The van der Waals surface area contributed by atoms with E-state index in [2.05, 4.69) is 50.5 Å². The Kier molecular flexibility index (Phi) is 4.14. The molecule has 14 heavy (non-hydrogen) atoms. The van der Waals surface area contributed by atoms with Gasteiger partial charge in [-0.2, -0.15) is 0 Å². The van der Waals surface area contributed by atoms with Crippen LogP contribution in [0.25, 0.3) is 0 Å². The van der Waals surface area contributed by atoms with E-state index in [1.54, 1.807) is 0 Å². The SMILES string of the molecule is CCC(C)(C)CNC(C)c1cccs1. The van der Waals surface area contributed by atoms with Crippen LogP contribution in [0.1, 0.15) is 45.0 Å². The van der Waals surface area contributed by atoms with Crippen LogP contribution < -0.4 is 5.32 Å². The molecule has 0 fully saturated rings. The second-order valence-corrected chi connectivity index (χ2v) is 5.62. The van der Waals surface area contributed by atoms with Crippen molar-refractivity contribution >= 4 is 11.3 Å². The molecular formula is C12H21NS. The molecule has 0 saturated carbocycles. The molecule has 1 atom stereocenters. The fourth-order valence-corrected chi connectivity index (χ4v) is 1.95. The molecular weight excluding hydrogens is 190 g/mol. The average molecular weight is 211 g/mol. The molecule has 0 spiro atoms. The van der Waals surface area contributed by atoms with Gasteiger partial charge in [-0.3, -0.25) is 0 Å². The van der Waals surface area contributed by atoms with Gasteiger partial charge in [0.25, 0.3) is 0 Å². The smallest absolute Gasteiger partial charge is 0.0386 e. The zero-order valence-corrected chi connectivity index (χ0v) is 10.4. The van der Waals surface area contributed by atoms with Crippen LogP contribution in [0, 0.1) is 5.41 Å². The minimum absolute atomic E-state index is 0.408. The van der Waals surface area contributed by atoms with Crippen molar-refractivity contribution in [1.82, 2.24) is 5.32 Å². The van der Waals surface area contributed by atoms with Gasteiger partial charge in [-0.05, 0) is 30.2 Å². The summed E-state index contributed by atoms with van der Waals surface area (Å²) in [5.41, 5.74) is 0.408. The first-order chi connectivity index (χ1) is 6.55. The van der Waals surface area contributed by atoms with E-state index in [1.165, 1.54) is 11.3 Å². The molecule has 0 saturated heterocycles. The van der Waals surface area contributed by atoms with Gasteiger partial charge in [-0.1, -0.05) is 26.8 Å². The lowest BCUT2D eigenvalue weighted by Crippen LogP contribution is -2.30. The van der Waals surface area contributed by atoms with Crippen molar-refractivity contribution in [3.63, 3.8) is 0 Å². The first-order valence-corrected chi connectivity index (χ1v) is 6.20. The molecule has 2 heteroatoms. The number of nitrogens with one attached hydrogen (secondary N) is 1.